The van der Waals surface area contributed by atoms with Gasteiger partial charge in [0, 0.05) is 12.1 Å². The van der Waals surface area contributed by atoms with Crippen molar-refractivity contribution >= 4 is 27.3 Å². The van der Waals surface area contributed by atoms with Gasteiger partial charge in [0.25, 0.3) is 0 Å². The minimum atomic E-state index is 0.126. The van der Waals surface area contributed by atoms with Crippen molar-refractivity contribution in [2.24, 2.45) is 0 Å². The third-order valence-electron chi connectivity index (χ3n) is 2.79. The number of ether oxygens (including phenoxy) is 1. The molecule has 0 fully saturated rings. The fraction of sp³-hybridized carbons (Fsp3) is 0.375. The minimum Gasteiger partial charge on any atom is -0.488 e. The van der Waals surface area contributed by atoms with Crippen LogP contribution < -0.4 is 10.1 Å². The van der Waals surface area contributed by atoms with Gasteiger partial charge in [-0.05, 0) is 76.8 Å². The third kappa shape index (κ3) is 4.93. The lowest BCUT2D eigenvalue weighted by molar-refractivity contribution is 0.304. The average molecular weight is 354 g/mol. The highest BCUT2D eigenvalue weighted by Gasteiger charge is 2.09. The first-order valence-corrected chi connectivity index (χ1v) is 8.35. The van der Waals surface area contributed by atoms with E-state index in [0.717, 1.165) is 16.8 Å². The Morgan fingerprint density at radius 3 is 2.60 bits per heavy atom. The molecule has 2 nitrogen and oxygen atoms in total. The van der Waals surface area contributed by atoms with Gasteiger partial charge in [-0.25, -0.2) is 0 Å². The van der Waals surface area contributed by atoms with Crippen LogP contribution in [0.25, 0.3) is 0 Å². The van der Waals surface area contributed by atoms with Crippen LogP contribution in [0.4, 0.5) is 0 Å². The van der Waals surface area contributed by atoms with Gasteiger partial charge in [-0.15, -0.1) is 0 Å². The second-order valence-corrected chi connectivity index (χ2v) is 7.42. The fourth-order valence-electron chi connectivity index (χ4n) is 1.67. The molecule has 0 radical (unpaired) electrons. The molecule has 0 atom stereocenters. The molecule has 0 unspecified atom stereocenters. The van der Waals surface area contributed by atoms with Crippen LogP contribution in [0.3, 0.4) is 0 Å². The predicted molar refractivity (Wildman–Crippen MR) is 89.4 cm³/mol. The maximum atomic E-state index is 5.82. The molecule has 20 heavy (non-hydrogen) atoms. The van der Waals surface area contributed by atoms with Crippen LogP contribution in [0.15, 0.2) is 39.5 Å². The van der Waals surface area contributed by atoms with Gasteiger partial charge in [-0.1, -0.05) is 6.07 Å². The van der Waals surface area contributed by atoms with Crippen LogP contribution in [-0.4, -0.2) is 5.54 Å². The van der Waals surface area contributed by atoms with Gasteiger partial charge in [0.2, 0.25) is 0 Å². The molecule has 2 rings (SSSR count). The number of rotatable bonds is 5. The molecule has 0 amide bonds. The maximum absolute atomic E-state index is 5.82. The number of hydrogen-bond acceptors (Lipinski definition) is 3. The molecular formula is C16H20BrNOS. The van der Waals surface area contributed by atoms with Gasteiger partial charge in [0.05, 0.1) is 4.47 Å². The Morgan fingerprint density at radius 2 is 2.00 bits per heavy atom. The van der Waals surface area contributed by atoms with Crippen LogP contribution in [0.5, 0.6) is 5.75 Å². The van der Waals surface area contributed by atoms with E-state index in [1.807, 2.05) is 6.07 Å². The van der Waals surface area contributed by atoms with E-state index in [0.29, 0.717) is 6.61 Å². The average Bonchev–Trinajstić information content (AvgIpc) is 2.87. The molecule has 0 aliphatic rings. The topological polar surface area (TPSA) is 21.3 Å². The van der Waals surface area contributed by atoms with Crippen molar-refractivity contribution in [3.8, 4) is 5.75 Å². The van der Waals surface area contributed by atoms with Gasteiger partial charge in [0.15, 0.2) is 0 Å². The van der Waals surface area contributed by atoms with E-state index in [4.69, 9.17) is 4.74 Å². The van der Waals surface area contributed by atoms with E-state index in [1.54, 1.807) is 11.3 Å². The van der Waals surface area contributed by atoms with E-state index >= 15 is 0 Å². The Kier molecular flexibility index (Phi) is 5.24. The summed E-state index contributed by atoms with van der Waals surface area (Å²) < 4.78 is 6.82. The van der Waals surface area contributed by atoms with Crippen LogP contribution in [0.1, 0.15) is 31.9 Å². The summed E-state index contributed by atoms with van der Waals surface area (Å²) in [5, 5.41) is 7.65. The Balaban J connectivity index is 1.95. The predicted octanol–water partition coefficient (Wildman–Crippen LogP) is 4.98. The van der Waals surface area contributed by atoms with Crippen LogP contribution in [0.2, 0.25) is 0 Å². The highest BCUT2D eigenvalue weighted by Crippen LogP contribution is 2.27. The van der Waals surface area contributed by atoms with Gasteiger partial charge < -0.3 is 10.1 Å². The zero-order valence-corrected chi connectivity index (χ0v) is 14.5. The summed E-state index contributed by atoms with van der Waals surface area (Å²) in [4.78, 5) is 0. The molecule has 4 heteroatoms. The van der Waals surface area contributed by atoms with Crippen molar-refractivity contribution in [1.82, 2.24) is 5.32 Å². The minimum absolute atomic E-state index is 0.126. The third-order valence-corrected chi connectivity index (χ3v) is 4.15. The van der Waals surface area contributed by atoms with Gasteiger partial charge in [-0.3, -0.25) is 0 Å². The number of nitrogens with one attached hydrogen (secondary N) is 1. The summed E-state index contributed by atoms with van der Waals surface area (Å²) in [6, 6.07) is 8.32. The number of halogens is 1. The number of thiophene rings is 1. The van der Waals surface area contributed by atoms with E-state index in [1.165, 1.54) is 11.1 Å². The lowest BCUT2D eigenvalue weighted by Crippen LogP contribution is -2.35. The zero-order valence-electron chi connectivity index (χ0n) is 12.1. The lowest BCUT2D eigenvalue weighted by atomic mass is 10.1. The Hall–Kier alpha value is -0.840. The summed E-state index contributed by atoms with van der Waals surface area (Å²) in [7, 11) is 0. The summed E-state index contributed by atoms with van der Waals surface area (Å²) in [5.74, 6) is 0.885. The molecule has 0 aliphatic carbocycles. The first kappa shape index (κ1) is 15.5. The summed E-state index contributed by atoms with van der Waals surface area (Å²) in [5.41, 5.74) is 2.58. The largest absolute Gasteiger partial charge is 0.488 e. The molecule has 1 N–H and O–H groups in total. The van der Waals surface area contributed by atoms with Crippen LogP contribution >= 0.6 is 27.3 Å². The summed E-state index contributed by atoms with van der Waals surface area (Å²) in [6.07, 6.45) is 0. The normalized spacial score (nSPS) is 11.6. The van der Waals surface area contributed by atoms with Gasteiger partial charge in [-0.2, -0.15) is 11.3 Å². The van der Waals surface area contributed by atoms with Crippen molar-refractivity contribution in [3.63, 3.8) is 0 Å². The Morgan fingerprint density at radius 1 is 1.20 bits per heavy atom. The zero-order chi connectivity index (χ0) is 14.6. The quantitative estimate of drug-likeness (QED) is 0.818. The standard InChI is InChI=1S/C16H20BrNOS/c1-16(2,3)18-9-12-4-5-15(14(17)8-12)19-10-13-6-7-20-11-13/h4-8,11,18H,9-10H2,1-3H3. The molecule has 0 bridgehead atoms. The highest BCUT2D eigenvalue weighted by atomic mass is 79.9. The molecule has 1 aromatic heterocycles. The lowest BCUT2D eigenvalue weighted by Gasteiger charge is -2.20. The molecule has 1 aromatic carbocycles. The van der Waals surface area contributed by atoms with E-state index in [9.17, 15) is 0 Å². The van der Waals surface area contributed by atoms with Crippen molar-refractivity contribution < 1.29 is 4.74 Å². The van der Waals surface area contributed by atoms with Crippen molar-refractivity contribution in [3.05, 3.63) is 50.6 Å². The second kappa shape index (κ2) is 6.74. The smallest absolute Gasteiger partial charge is 0.134 e. The highest BCUT2D eigenvalue weighted by molar-refractivity contribution is 9.10. The Labute approximate surface area is 133 Å². The molecule has 0 saturated carbocycles. The Bertz CT molecular complexity index is 546. The van der Waals surface area contributed by atoms with Crippen molar-refractivity contribution in [1.29, 1.82) is 0 Å². The molecule has 0 saturated heterocycles. The molecular weight excluding hydrogens is 334 g/mol. The van der Waals surface area contributed by atoms with Gasteiger partial charge in [0.1, 0.15) is 12.4 Å². The second-order valence-electron chi connectivity index (χ2n) is 5.79. The molecule has 2 aromatic rings. The van der Waals surface area contributed by atoms with Gasteiger partial charge >= 0.3 is 0 Å². The number of hydrogen-bond donors (Lipinski definition) is 1. The van der Waals surface area contributed by atoms with E-state index in [2.05, 4.69) is 71.0 Å². The van der Waals surface area contributed by atoms with Crippen LogP contribution in [0, 0.1) is 0 Å². The monoisotopic (exact) mass is 353 g/mol. The number of benzene rings is 1. The van der Waals surface area contributed by atoms with E-state index < -0.39 is 0 Å². The maximum Gasteiger partial charge on any atom is 0.134 e. The first-order chi connectivity index (χ1) is 9.44. The molecule has 0 spiro atoms. The molecule has 108 valence electrons. The van der Waals surface area contributed by atoms with E-state index in [-0.39, 0.29) is 5.54 Å². The fourth-order valence-corrected chi connectivity index (χ4v) is 2.87. The van der Waals surface area contributed by atoms with Crippen molar-refractivity contribution in [2.75, 3.05) is 0 Å². The first-order valence-electron chi connectivity index (χ1n) is 6.61. The summed E-state index contributed by atoms with van der Waals surface area (Å²) in [6.45, 7) is 7.97. The van der Waals surface area contributed by atoms with Crippen molar-refractivity contribution in [2.45, 2.75) is 39.5 Å². The SMILES string of the molecule is CC(C)(C)NCc1ccc(OCc2ccsc2)c(Br)c1. The summed E-state index contributed by atoms with van der Waals surface area (Å²) >= 11 is 5.27. The van der Waals surface area contributed by atoms with Crippen LogP contribution in [-0.2, 0) is 13.2 Å². The molecule has 1 heterocycles. The molecule has 0 aliphatic heterocycles.